The topological polar surface area (TPSA) is 29.1 Å². The molecule has 1 heterocycles. The van der Waals surface area contributed by atoms with Gasteiger partial charge in [0.15, 0.2) is 0 Å². The first kappa shape index (κ1) is 13.4. The molecule has 0 spiro atoms. The largest absolute Gasteiger partial charge is 0.350 e. The van der Waals surface area contributed by atoms with Crippen LogP contribution < -0.4 is 5.32 Å². The third-order valence-corrected chi connectivity index (χ3v) is 4.85. The lowest BCUT2D eigenvalue weighted by molar-refractivity contribution is -0.122. The summed E-state index contributed by atoms with van der Waals surface area (Å²) in [6, 6.07) is 0. The Bertz CT molecular complexity index is 219. The van der Waals surface area contributed by atoms with E-state index in [2.05, 4.69) is 35.1 Å². The van der Waals surface area contributed by atoms with Crippen molar-refractivity contribution >= 4 is 33.6 Å². The van der Waals surface area contributed by atoms with Crippen molar-refractivity contribution in [2.75, 3.05) is 11.1 Å². The molecule has 1 fully saturated rings. The standard InChI is InChI=1S/C11H20BrNOS/c1-3-11(2,6-7-12)13-10(14)9-5-4-8-15-9/h9H,3-8H2,1-2H3,(H,13,14). The number of alkyl halides is 1. The molecule has 4 heteroatoms. The Kier molecular flexibility index (Phi) is 5.47. The Morgan fingerprint density at radius 3 is 2.87 bits per heavy atom. The van der Waals surface area contributed by atoms with Gasteiger partial charge in [0.25, 0.3) is 0 Å². The van der Waals surface area contributed by atoms with E-state index in [0.29, 0.717) is 0 Å². The van der Waals surface area contributed by atoms with Gasteiger partial charge in [-0.1, -0.05) is 22.9 Å². The molecule has 0 aliphatic carbocycles. The summed E-state index contributed by atoms with van der Waals surface area (Å²) in [5.74, 6) is 1.38. The van der Waals surface area contributed by atoms with Crippen molar-refractivity contribution in [1.29, 1.82) is 0 Å². The van der Waals surface area contributed by atoms with Gasteiger partial charge in [-0.2, -0.15) is 0 Å². The highest BCUT2D eigenvalue weighted by molar-refractivity contribution is 9.09. The molecule has 2 atom stereocenters. The predicted octanol–water partition coefficient (Wildman–Crippen LogP) is 2.95. The van der Waals surface area contributed by atoms with Crippen LogP contribution in [0.1, 0.15) is 39.5 Å². The SMILES string of the molecule is CCC(C)(CCBr)NC(=O)C1CCCS1. The Balaban J connectivity index is 2.46. The molecule has 0 aromatic carbocycles. The summed E-state index contributed by atoms with van der Waals surface area (Å²) in [4.78, 5) is 11.9. The number of carbonyl (C=O) groups excluding carboxylic acids is 1. The number of hydrogen-bond acceptors (Lipinski definition) is 2. The minimum atomic E-state index is -0.0380. The highest BCUT2D eigenvalue weighted by Gasteiger charge is 2.29. The second kappa shape index (κ2) is 6.14. The molecule has 1 aliphatic heterocycles. The summed E-state index contributed by atoms with van der Waals surface area (Å²) >= 11 is 5.24. The van der Waals surface area contributed by atoms with Gasteiger partial charge in [-0.3, -0.25) is 4.79 Å². The minimum absolute atomic E-state index is 0.0380. The second-order valence-corrected chi connectivity index (χ2v) is 6.45. The van der Waals surface area contributed by atoms with Gasteiger partial charge >= 0.3 is 0 Å². The zero-order valence-electron chi connectivity index (χ0n) is 9.51. The fourth-order valence-electron chi connectivity index (χ4n) is 1.70. The molecular weight excluding hydrogens is 274 g/mol. The summed E-state index contributed by atoms with van der Waals surface area (Å²) in [7, 11) is 0. The third-order valence-electron chi connectivity index (χ3n) is 3.07. The van der Waals surface area contributed by atoms with Crippen LogP contribution in [0, 0.1) is 0 Å². The summed E-state index contributed by atoms with van der Waals surface area (Å²) in [5.41, 5.74) is -0.0380. The number of hydrogen-bond donors (Lipinski definition) is 1. The molecule has 1 aliphatic rings. The molecule has 2 unspecified atom stereocenters. The van der Waals surface area contributed by atoms with Crippen LogP contribution in [0.2, 0.25) is 0 Å². The van der Waals surface area contributed by atoms with Crippen LogP contribution in [0.4, 0.5) is 0 Å². The van der Waals surface area contributed by atoms with E-state index >= 15 is 0 Å². The van der Waals surface area contributed by atoms with Crippen molar-refractivity contribution < 1.29 is 4.79 Å². The van der Waals surface area contributed by atoms with E-state index in [4.69, 9.17) is 0 Å². The predicted molar refractivity (Wildman–Crippen MR) is 70.7 cm³/mol. The first-order chi connectivity index (χ1) is 7.11. The van der Waals surface area contributed by atoms with E-state index in [1.807, 2.05) is 0 Å². The highest BCUT2D eigenvalue weighted by atomic mass is 79.9. The van der Waals surface area contributed by atoms with Gasteiger partial charge in [-0.05, 0) is 38.4 Å². The Labute approximate surface area is 105 Å². The molecule has 1 N–H and O–H groups in total. The third kappa shape index (κ3) is 3.99. The molecule has 1 rings (SSSR count). The molecule has 2 nitrogen and oxygen atoms in total. The summed E-state index contributed by atoms with van der Waals surface area (Å²) < 4.78 is 0. The van der Waals surface area contributed by atoms with Crippen molar-refractivity contribution in [3.63, 3.8) is 0 Å². The van der Waals surface area contributed by atoms with Crippen LogP contribution in [0.25, 0.3) is 0 Å². The van der Waals surface area contributed by atoms with Crippen LogP contribution in [0.5, 0.6) is 0 Å². The average molecular weight is 294 g/mol. The van der Waals surface area contributed by atoms with Crippen LogP contribution >= 0.6 is 27.7 Å². The Hall–Kier alpha value is 0.300. The van der Waals surface area contributed by atoms with Crippen LogP contribution in [0.3, 0.4) is 0 Å². The Morgan fingerprint density at radius 2 is 2.40 bits per heavy atom. The van der Waals surface area contributed by atoms with Gasteiger partial charge in [0.05, 0.1) is 5.25 Å². The van der Waals surface area contributed by atoms with Crippen molar-refractivity contribution in [2.45, 2.75) is 50.3 Å². The average Bonchev–Trinajstić information content (AvgIpc) is 2.71. The summed E-state index contributed by atoms with van der Waals surface area (Å²) in [6.07, 6.45) is 4.21. The lowest BCUT2D eigenvalue weighted by Gasteiger charge is -2.30. The van der Waals surface area contributed by atoms with Crippen LogP contribution in [-0.2, 0) is 4.79 Å². The molecule has 0 aromatic heterocycles. The summed E-state index contributed by atoms with van der Waals surface area (Å²) in [6.45, 7) is 4.26. The monoisotopic (exact) mass is 293 g/mol. The number of halogens is 1. The maximum absolute atomic E-state index is 11.9. The summed E-state index contributed by atoms with van der Waals surface area (Å²) in [5, 5.41) is 4.34. The minimum Gasteiger partial charge on any atom is -0.350 e. The van der Waals surface area contributed by atoms with E-state index < -0.39 is 0 Å². The van der Waals surface area contributed by atoms with Crippen molar-refractivity contribution in [1.82, 2.24) is 5.32 Å². The number of thioether (sulfide) groups is 1. The maximum atomic E-state index is 11.9. The van der Waals surface area contributed by atoms with E-state index in [0.717, 1.165) is 30.3 Å². The number of nitrogens with one attached hydrogen (secondary N) is 1. The molecule has 0 bridgehead atoms. The lowest BCUT2D eigenvalue weighted by atomic mass is 9.95. The lowest BCUT2D eigenvalue weighted by Crippen LogP contribution is -2.48. The van der Waals surface area contributed by atoms with E-state index in [9.17, 15) is 4.79 Å². The van der Waals surface area contributed by atoms with E-state index in [1.54, 1.807) is 11.8 Å². The van der Waals surface area contributed by atoms with Crippen LogP contribution in [-0.4, -0.2) is 27.8 Å². The maximum Gasteiger partial charge on any atom is 0.233 e. The van der Waals surface area contributed by atoms with Gasteiger partial charge in [0, 0.05) is 10.9 Å². The zero-order chi connectivity index (χ0) is 11.3. The van der Waals surface area contributed by atoms with Crippen molar-refractivity contribution in [3.8, 4) is 0 Å². The molecule has 1 amide bonds. The van der Waals surface area contributed by atoms with Gasteiger partial charge in [0.1, 0.15) is 0 Å². The van der Waals surface area contributed by atoms with Gasteiger partial charge in [-0.25, -0.2) is 0 Å². The molecule has 15 heavy (non-hydrogen) atoms. The number of carbonyl (C=O) groups is 1. The normalized spacial score (nSPS) is 24.9. The smallest absolute Gasteiger partial charge is 0.233 e. The zero-order valence-corrected chi connectivity index (χ0v) is 11.9. The van der Waals surface area contributed by atoms with Crippen molar-refractivity contribution in [3.05, 3.63) is 0 Å². The first-order valence-electron chi connectivity index (χ1n) is 5.61. The number of rotatable bonds is 5. The van der Waals surface area contributed by atoms with Crippen molar-refractivity contribution in [2.24, 2.45) is 0 Å². The van der Waals surface area contributed by atoms with Crippen LogP contribution in [0.15, 0.2) is 0 Å². The molecule has 88 valence electrons. The quantitative estimate of drug-likeness (QED) is 0.790. The molecule has 0 saturated carbocycles. The fourth-order valence-corrected chi connectivity index (χ4v) is 3.74. The van der Waals surface area contributed by atoms with Gasteiger partial charge in [-0.15, -0.1) is 11.8 Å². The highest BCUT2D eigenvalue weighted by Crippen LogP contribution is 2.27. The van der Waals surface area contributed by atoms with Gasteiger partial charge < -0.3 is 5.32 Å². The molecular formula is C11H20BrNOS. The van der Waals surface area contributed by atoms with Gasteiger partial charge in [0.2, 0.25) is 5.91 Å². The molecule has 1 saturated heterocycles. The van der Waals surface area contributed by atoms with E-state index in [1.165, 1.54) is 6.42 Å². The molecule has 0 aromatic rings. The first-order valence-corrected chi connectivity index (χ1v) is 7.78. The number of amides is 1. The second-order valence-electron chi connectivity index (χ2n) is 4.34. The fraction of sp³-hybridized carbons (Fsp3) is 0.909. The molecule has 0 radical (unpaired) electrons. The van der Waals surface area contributed by atoms with E-state index in [-0.39, 0.29) is 16.7 Å². The Morgan fingerprint density at radius 1 is 1.67 bits per heavy atom.